The highest BCUT2D eigenvalue weighted by atomic mass is 32.1. The average Bonchev–Trinajstić information content (AvgIpc) is 3.35. The second-order valence-corrected chi connectivity index (χ2v) is 7.99. The van der Waals surface area contributed by atoms with E-state index in [2.05, 4.69) is 10.5 Å². The van der Waals surface area contributed by atoms with Crippen LogP contribution < -0.4 is 5.43 Å². The minimum atomic E-state index is -0.213. The number of hydrogen-bond donors (Lipinski definition) is 1. The van der Waals surface area contributed by atoms with Crippen LogP contribution in [-0.2, 0) is 6.42 Å². The van der Waals surface area contributed by atoms with Crippen molar-refractivity contribution in [1.82, 2.24) is 10.3 Å². The van der Waals surface area contributed by atoms with E-state index in [-0.39, 0.29) is 11.8 Å². The van der Waals surface area contributed by atoms with Gasteiger partial charge in [0.2, 0.25) is 0 Å². The minimum Gasteiger partial charge on any atom is -0.455 e. The summed E-state index contributed by atoms with van der Waals surface area (Å²) < 4.78 is 5.98. The van der Waals surface area contributed by atoms with Gasteiger partial charge < -0.3 is 9.32 Å². The zero-order valence-corrected chi connectivity index (χ0v) is 16.2. The molecular formula is C20H23N3O3S. The highest BCUT2D eigenvalue weighted by Gasteiger charge is 2.30. The number of thiophene rings is 1. The van der Waals surface area contributed by atoms with Crippen LogP contribution in [-0.4, -0.2) is 35.5 Å². The lowest BCUT2D eigenvalue weighted by Crippen LogP contribution is -2.35. The Hall–Kier alpha value is -2.41. The van der Waals surface area contributed by atoms with Crippen LogP contribution in [0.2, 0.25) is 0 Å². The number of piperidine rings is 1. The number of hydrogen-bond acceptors (Lipinski definition) is 5. The maximum atomic E-state index is 12.9. The Labute approximate surface area is 162 Å². The molecule has 2 amide bonds. The number of nitrogens with zero attached hydrogens (tertiary/aromatic N) is 2. The lowest BCUT2D eigenvalue weighted by molar-refractivity contribution is 0.0689. The van der Waals surface area contributed by atoms with Gasteiger partial charge in [-0.2, -0.15) is 5.10 Å². The fourth-order valence-electron chi connectivity index (χ4n) is 3.81. The molecule has 1 fully saturated rings. The molecule has 1 N–H and O–H groups in total. The zero-order chi connectivity index (χ0) is 18.8. The molecule has 0 unspecified atom stereocenters. The third-order valence-electron chi connectivity index (χ3n) is 5.20. The topological polar surface area (TPSA) is 74.9 Å². The first-order valence-corrected chi connectivity index (χ1v) is 10.4. The second-order valence-electron chi connectivity index (χ2n) is 7.04. The first kappa shape index (κ1) is 18.0. The van der Waals surface area contributed by atoms with Crippen LogP contribution in [0.25, 0.3) is 0 Å². The summed E-state index contributed by atoms with van der Waals surface area (Å²) in [5.41, 5.74) is 5.17. The number of hydrazone groups is 1. The minimum absolute atomic E-state index is 0.0245. The van der Waals surface area contributed by atoms with Crippen LogP contribution in [0.5, 0.6) is 0 Å². The van der Waals surface area contributed by atoms with Crippen molar-refractivity contribution in [2.75, 3.05) is 13.1 Å². The molecule has 3 heterocycles. The van der Waals surface area contributed by atoms with Gasteiger partial charge in [-0.25, -0.2) is 5.43 Å². The quantitative estimate of drug-likeness (QED) is 0.818. The maximum Gasteiger partial charge on any atom is 0.289 e. The number of likely N-dealkylation sites (tertiary alicyclic amines) is 1. The molecule has 7 heteroatoms. The van der Waals surface area contributed by atoms with Crippen molar-refractivity contribution in [3.05, 3.63) is 45.0 Å². The maximum absolute atomic E-state index is 12.9. The van der Waals surface area contributed by atoms with Crippen LogP contribution in [0, 0.1) is 6.92 Å². The Morgan fingerprint density at radius 2 is 2.00 bits per heavy atom. The summed E-state index contributed by atoms with van der Waals surface area (Å²) in [5, 5.41) is 6.23. The van der Waals surface area contributed by atoms with E-state index in [1.54, 1.807) is 6.07 Å². The highest BCUT2D eigenvalue weighted by molar-refractivity contribution is 7.12. The predicted octanol–water partition coefficient (Wildman–Crippen LogP) is 3.75. The molecule has 142 valence electrons. The summed E-state index contributed by atoms with van der Waals surface area (Å²) in [6, 6.07) is 3.61. The highest BCUT2D eigenvalue weighted by Crippen LogP contribution is 2.31. The van der Waals surface area contributed by atoms with Gasteiger partial charge in [-0.1, -0.05) is 6.07 Å². The van der Waals surface area contributed by atoms with Gasteiger partial charge in [0.05, 0.1) is 10.6 Å². The first-order chi connectivity index (χ1) is 13.1. The molecule has 2 aliphatic rings. The fraction of sp³-hybridized carbons (Fsp3) is 0.450. The number of nitrogens with one attached hydrogen (secondary N) is 1. The van der Waals surface area contributed by atoms with Crippen molar-refractivity contribution >= 4 is 28.9 Å². The van der Waals surface area contributed by atoms with Gasteiger partial charge in [0.25, 0.3) is 11.8 Å². The molecule has 0 spiro atoms. The van der Waals surface area contributed by atoms with Crippen LogP contribution in [0.15, 0.2) is 27.0 Å². The van der Waals surface area contributed by atoms with E-state index < -0.39 is 0 Å². The smallest absolute Gasteiger partial charge is 0.289 e. The standard InChI is InChI=1S/C20H23N3O3S/c1-13-17-14(21-22-19(24)16-9-6-12-27-16)7-5-8-15(17)26-18(13)20(25)23-10-3-2-4-11-23/h6,9,12H,2-5,7-8,10-11H2,1H3,(H,22,24)/b21-14+. The van der Waals surface area contributed by atoms with Gasteiger partial charge in [0.15, 0.2) is 5.76 Å². The van der Waals surface area contributed by atoms with E-state index in [9.17, 15) is 9.59 Å². The first-order valence-electron chi connectivity index (χ1n) is 9.47. The van der Waals surface area contributed by atoms with Crippen molar-refractivity contribution in [3.8, 4) is 0 Å². The molecule has 6 nitrogen and oxygen atoms in total. The fourth-order valence-corrected chi connectivity index (χ4v) is 4.42. The molecule has 0 aromatic carbocycles. The lowest BCUT2D eigenvalue weighted by atomic mass is 9.93. The summed E-state index contributed by atoms with van der Waals surface area (Å²) in [5.74, 6) is 1.00. The number of rotatable bonds is 3. The number of carbonyl (C=O) groups is 2. The Balaban J connectivity index is 1.58. The van der Waals surface area contributed by atoms with Crippen molar-refractivity contribution in [2.45, 2.75) is 45.4 Å². The molecule has 0 saturated carbocycles. The van der Waals surface area contributed by atoms with E-state index in [1.165, 1.54) is 17.8 Å². The molecule has 0 bridgehead atoms. The van der Waals surface area contributed by atoms with E-state index in [0.29, 0.717) is 10.6 Å². The molecule has 27 heavy (non-hydrogen) atoms. The van der Waals surface area contributed by atoms with Crippen molar-refractivity contribution in [2.24, 2.45) is 5.10 Å². The predicted molar refractivity (Wildman–Crippen MR) is 104 cm³/mol. The lowest BCUT2D eigenvalue weighted by Gasteiger charge is -2.25. The Morgan fingerprint density at radius 3 is 2.74 bits per heavy atom. The van der Waals surface area contributed by atoms with Crippen molar-refractivity contribution < 1.29 is 14.0 Å². The van der Waals surface area contributed by atoms with Crippen molar-refractivity contribution in [1.29, 1.82) is 0 Å². The number of aryl methyl sites for hydroxylation is 1. The molecule has 1 saturated heterocycles. The van der Waals surface area contributed by atoms with E-state index in [1.807, 2.05) is 23.3 Å². The largest absolute Gasteiger partial charge is 0.455 e. The zero-order valence-electron chi connectivity index (χ0n) is 15.4. The summed E-state index contributed by atoms with van der Waals surface area (Å²) in [4.78, 5) is 27.6. The number of fused-ring (bicyclic) bond motifs is 1. The van der Waals surface area contributed by atoms with Crippen LogP contribution in [0.4, 0.5) is 0 Å². The van der Waals surface area contributed by atoms with Crippen molar-refractivity contribution in [3.63, 3.8) is 0 Å². The summed E-state index contributed by atoms with van der Waals surface area (Å²) in [7, 11) is 0. The molecule has 1 aliphatic carbocycles. The number of amides is 2. The van der Waals surface area contributed by atoms with Gasteiger partial charge in [-0.05, 0) is 50.5 Å². The van der Waals surface area contributed by atoms with Gasteiger partial charge in [-0.3, -0.25) is 9.59 Å². The Bertz CT molecular complexity index is 877. The monoisotopic (exact) mass is 385 g/mol. The summed E-state index contributed by atoms with van der Waals surface area (Å²) in [6.07, 6.45) is 5.72. The van der Waals surface area contributed by atoms with Crippen LogP contribution >= 0.6 is 11.3 Å². The number of carbonyl (C=O) groups excluding carboxylic acids is 2. The molecule has 0 atom stereocenters. The Morgan fingerprint density at radius 1 is 1.19 bits per heavy atom. The molecule has 4 rings (SSSR count). The third kappa shape index (κ3) is 3.56. The summed E-state index contributed by atoms with van der Waals surface area (Å²) >= 11 is 1.38. The van der Waals surface area contributed by atoms with Crippen LogP contribution in [0.1, 0.15) is 69.2 Å². The second kappa shape index (κ2) is 7.68. The Kier molecular flexibility index (Phi) is 5.11. The third-order valence-corrected chi connectivity index (χ3v) is 6.07. The summed E-state index contributed by atoms with van der Waals surface area (Å²) in [6.45, 7) is 3.50. The van der Waals surface area contributed by atoms with E-state index >= 15 is 0 Å². The van der Waals surface area contributed by atoms with Gasteiger partial charge in [0.1, 0.15) is 5.76 Å². The molecule has 2 aromatic rings. The molecule has 2 aromatic heterocycles. The van der Waals surface area contributed by atoms with E-state index in [4.69, 9.17) is 4.42 Å². The molecule has 0 radical (unpaired) electrons. The normalized spacial score (nSPS) is 18.4. The molecular weight excluding hydrogens is 362 g/mol. The number of furan rings is 1. The van der Waals surface area contributed by atoms with Gasteiger partial charge in [-0.15, -0.1) is 11.3 Å². The van der Waals surface area contributed by atoms with E-state index in [0.717, 1.165) is 67.8 Å². The molecule has 1 aliphatic heterocycles. The van der Waals surface area contributed by atoms with Crippen LogP contribution in [0.3, 0.4) is 0 Å². The average molecular weight is 385 g/mol. The SMILES string of the molecule is Cc1c(C(=O)N2CCCCC2)oc2c1/C(=N/NC(=O)c1cccs1)CCC2. The van der Waals surface area contributed by atoms with Gasteiger partial charge >= 0.3 is 0 Å². The van der Waals surface area contributed by atoms with Gasteiger partial charge in [0, 0.05) is 30.6 Å².